The van der Waals surface area contributed by atoms with E-state index in [1.807, 2.05) is 12.1 Å². The van der Waals surface area contributed by atoms with Crippen molar-refractivity contribution in [2.24, 2.45) is 5.92 Å². The van der Waals surface area contributed by atoms with E-state index in [1.54, 1.807) is 7.11 Å². The van der Waals surface area contributed by atoms with Crippen molar-refractivity contribution in [2.75, 3.05) is 30.9 Å². The van der Waals surface area contributed by atoms with Gasteiger partial charge < -0.3 is 15.4 Å². The predicted molar refractivity (Wildman–Crippen MR) is 72.3 cm³/mol. The number of hydrogen-bond acceptors (Lipinski definition) is 3. The second-order valence-corrected chi connectivity index (χ2v) is 4.86. The topological polar surface area (TPSA) is 38.5 Å². The monoisotopic (exact) mass is 234 g/mol. The lowest BCUT2D eigenvalue weighted by molar-refractivity contribution is 0.202. The summed E-state index contributed by atoms with van der Waals surface area (Å²) in [5, 5.41) is 0. The lowest BCUT2D eigenvalue weighted by atomic mass is 10.1. The maximum atomic E-state index is 5.73. The molecule has 0 spiro atoms. The Kier molecular flexibility index (Phi) is 3.89. The van der Waals surface area contributed by atoms with Crippen LogP contribution in [0.5, 0.6) is 0 Å². The van der Waals surface area contributed by atoms with Crippen molar-refractivity contribution in [3.05, 3.63) is 24.3 Å². The largest absolute Gasteiger partial charge is 0.399 e. The first-order valence-electron chi connectivity index (χ1n) is 6.33. The third-order valence-corrected chi connectivity index (χ3v) is 3.56. The quantitative estimate of drug-likeness (QED) is 0.769. The fourth-order valence-corrected chi connectivity index (χ4v) is 2.26. The molecule has 0 radical (unpaired) electrons. The van der Waals surface area contributed by atoms with Crippen LogP contribution in [-0.4, -0.2) is 26.3 Å². The fourth-order valence-electron chi connectivity index (χ4n) is 2.26. The number of benzene rings is 1. The molecule has 1 unspecified atom stereocenters. The number of nitrogen functional groups attached to an aromatic ring is 1. The second kappa shape index (κ2) is 5.41. The summed E-state index contributed by atoms with van der Waals surface area (Å²) < 4.78 is 5.20. The zero-order valence-corrected chi connectivity index (χ0v) is 10.7. The van der Waals surface area contributed by atoms with Gasteiger partial charge in [0.2, 0.25) is 0 Å². The summed E-state index contributed by atoms with van der Waals surface area (Å²) in [7, 11) is 1.75. The van der Waals surface area contributed by atoms with Crippen LogP contribution in [-0.2, 0) is 4.74 Å². The molecule has 3 nitrogen and oxygen atoms in total. The van der Waals surface area contributed by atoms with Gasteiger partial charge in [0.25, 0.3) is 0 Å². The third kappa shape index (κ3) is 3.13. The Morgan fingerprint density at radius 2 is 2.00 bits per heavy atom. The number of rotatable bonds is 6. The molecule has 0 bridgehead atoms. The van der Waals surface area contributed by atoms with Gasteiger partial charge in [0.1, 0.15) is 0 Å². The number of anilines is 2. The summed E-state index contributed by atoms with van der Waals surface area (Å²) in [6.45, 7) is 4.02. The summed E-state index contributed by atoms with van der Waals surface area (Å²) in [6.07, 6.45) is 2.72. The molecule has 2 rings (SSSR count). The molecular weight excluding hydrogens is 212 g/mol. The van der Waals surface area contributed by atoms with E-state index in [0.29, 0.717) is 6.04 Å². The first-order valence-corrected chi connectivity index (χ1v) is 6.33. The van der Waals surface area contributed by atoms with Gasteiger partial charge in [0, 0.05) is 31.1 Å². The highest BCUT2D eigenvalue weighted by atomic mass is 16.5. The Labute approximate surface area is 104 Å². The average molecular weight is 234 g/mol. The molecule has 1 atom stereocenters. The van der Waals surface area contributed by atoms with Gasteiger partial charge in [-0.05, 0) is 49.9 Å². The highest BCUT2D eigenvalue weighted by Gasteiger charge is 2.31. The molecular formula is C14H22N2O. The van der Waals surface area contributed by atoms with Crippen molar-refractivity contribution in [3.8, 4) is 0 Å². The van der Waals surface area contributed by atoms with Gasteiger partial charge in [0.05, 0.1) is 6.61 Å². The van der Waals surface area contributed by atoms with E-state index in [4.69, 9.17) is 10.5 Å². The highest BCUT2D eigenvalue weighted by Crippen LogP contribution is 2.36. The van der Waals surface area contributed by atoms with Crippen LogP contribution >= 0.6 is 0 Å². The third-order valence-electron chi connectivity index (χ3n) is 3.56. The molecule has 0 saturated heterocycles. The van der Waals surface area contributed by atoms with Gasteiger partial charge in [-0.2, -0.15) is 0 Å². The number of nitrogens with two attached hydrogens (primary N) is 1. The maximum absolute atomic E-state index is 5.73. The van der Waals surface area contributed by atoms with E-state index in [1.165, 1.54) is 18.5 Å². The molecule has 17 heavy (non-hydrogen) atoms. The summed E-state index contributed by atoms with van der Waals surface area (Å²) in [5.41, 5.74) is 7.80. The Morgan fingerprint density at radius 3 is 2.53 bits per heavy atom. The highest BCUT2D eigenvalue weighted by molar-refractivity contribution is 5.53. The van der Waals surface area contributed by atoms with Crippen LogP contribution in [0.2, 0.25) is 0 Å². The van der Waals surface area contributed by atoms with Crippen LogP contribution in [0.4, 0.5) is 11.4 Å². The van der Waals surface area contributed by atoms with Crippen molar-refractivity contribution >= 4 is 11.4 Å². The minimum absolute atomic E-state index is 0.591. The van der Waals surface area contributed by atoms with Crippen molar-refractivity contribution in [1.29, 1.82) is 0 Å². The van der Waals surface area contributed by atoms with E-state index in [0.717, 1.165) is 24.8 Å². The molecule has 1 saturated carbocycles. The molecule has 0 aliphatic heterocycles. The molecule has 1 aliphatic carbocycles. The van der Waals surface area contributed by atoms with E-state index in [9.17, 15) is 0 Å². The molecule has 0 aromatic heterocycles. The first-order chi connectivity index (χ1) is 8.22. The predicted octanol–water partition coefficient (Wildman–Crippen LogP) is 2.52. The van der Waals surface area contributed by atoms with Crippen LogP contribution < -0.4 is 10.6 Å². The van der Waals surface area contributed by atoms with E-state index >= 15 is 0 Å². The van der Waals surface area contributed by atoms with Crippen molar-refractivity contribution < 1.29 is 4.74 Å². The van der Waals surface area contributed by atoms with Gasteiger partial charge >= 0.3 is 0 Å². The van der Waals surface area contributed by atoms with E-state index in [-0.39, 0.29) is 0 Å². The van der Waals surface area contributed by atoms with Gasteiger partial charge in [-0.1, -0.05) is 0 Å². The minimum Gasteiger partial charge on any atom is -0.399 e. The zero-order valence-electron chi connectivity index (χ0n) is 10.7. The van der Waals surface area contributed by atoms with E-state index in [2.05, 4.69) is 24.0 Å². The maximum Gasteiger partial charge on any atom is 0.0637 e. The summed E-state index contributed by atoms with van der Waals surface area (Å²) in [4.78, 5) is 2.43. The van der Waals surface area contributed by atoms with Gasteiger partial charge in [0.15, 0.2) is 0 Å². The van der Waals surface area contributed by atoms with Crippen molar-refractivity contribution in [2.45, 2.75) is 25.8 Å². The van der Waals surface area contributed by atoms with Gasteiger partial charge in [-0.15, -0.1) is 0 Å². The standard InChI is InChI=1S/C14H22N2O/c1-11(12-3-4-12)16(9-10-17-2)14-7-5-13(15)6-8-14/h5-8,11-12H,3-4,9-10,15H2,1-2H3. The Balaban J connectivity index is 2.10. The number of methoxy groups -OCH3 is 1. The minimum atomic E-state index is 0.591. The molecule has 0 amide bonds. The van der Waals surface area contributed by atoms with Crippen molar-refractivity contribution in [3.63, 3.8) is 0 Å². The Hall–Kier alpha value is -1.22. The average Bonchev–Trinajstić information content (AvgIpc) is 3.15. The smallest absolute Gasteiger partial charge is 0.0637 e. The summed E-state index contributed by atoms with van der Waals surface area (Å²) in [5.74, 6) is 0.851. The first kappa shape index (κ1) is 12.2. The van der Waals surface area contributed by atoms with Crippen molar-refractivity contribution in [1.82, 2.24) is 0 Å². The van der Waals surface area contributed by atoms with E-state index < -0.39 is 0 Å². The summed E-state index contributed by atoms with van der Waals surface area (Å²) >= 11 is 0. The molecule has 0 heterocycles. The van der Waals surface area contributed by atoms with Crippen LogP contribution in [0, 0.1) is 5.92 Å². The molecule has 1 fully saturated rings. The van der Waals surface area contributed by atoms with Gasteiger partial charge in [-0.25, -0.2) is 0 Å². The van der Waals surface area contributed by atoms with Crippen LogP contribution in [0.25, 0.3) is 0 Å². The molecule has 2 N–H and O–H groups in total. The molecule has 1 aromatic carbocycles. The SMILES string of the molecule is COCCN(c1ccc(N)cc1)C(C)C1CC1. The number of hydrogen-bond donors (Lipinski definition) is 1. The van der Waals surface area contributed by atoms with Crippen LogP contribution in [0.1, 0.15) is 19.8 Å². The Bertz CT molecular complexity index is 346. The lowest BCUT2D eigenvalue weighted by Gasteiger charge is -2.31. The fraction of sp³-hybridized carbons (Fsp3) is 0.571. The molecule has 1 aromatic rings. The summed E-state index contributed by atoms with van der Waals surface area (Å²) in [6, 6.07) is 8.73. The Morgan fingerprint density at radius 1 is 1.35 bits per heavy atom. The molecule has 3 heteroatoms. The molecule has 1 aliphatic rings. The van der Waals surface area contributed by atoms with Gasteiger partial charge in [-0.3, -0.25) is 0 Å². The lowest BCUT2D eigenvalue weighted by Crippen LogP contribution is -2.37. The van der Waals surface area contributed by atoms with Crippen LogP contribution in [0.15, 0.2) is 24.3 Å². The second-order valence-electron chi connectivity index (χ2n) is 4.86. The number of ether oxygens (including phenoxy) is 1. The van der Waals surface area contributed by atoms with Crippen LogP contribution in [0.3, 0.4) is 0 Å². The zero-order chi connectivity index (χ0) is 12.3. The normalized spacial score (nSPS) is 16.8. The number of nitrogens with zero attached hydrogens (tertiary/aromatic N) is 1. The molecule has 94 valence electrons.